The van der Waals surface area contributed by atoms with Crippen LogP contribution in [0, 0.1) is 5.92 Å². The van der Waals surface area contributed by atoms with Gasteiger partial charge in [0.1, 0.15) is 7.28 Å². The second-order valence-electron chi connectivity index (χ2n) is 4.93. The fourth-order valence-electron chi connectivity index (χ4n) is 3.48. The third-order valence-corrected chi connectivity index (χ3v) is 4.14. The standard InChI is InChI=1S/C14H18B/c1-15-13-9-8-11-5-2-4-10-6-3-7-12(13)14(10)11/h6,9,11H,2-5,7-8H2,1H3. The zero-order valence-electron chi connectivity index (χ0n) is 9.55. The Bertz CT molecular complexity index is 371. The SMILES string of the molecule is C[B]C1=CCC2CCCC3=CCCC1=C32. The smallest absolute Gasteiger partial charge is 0.0899 e. The molecule has 0 bridgehead atoms. The molecule has 0 saturated heterocycles. The van der Waals surface area contributed by atoms with E-state index in [1.165, 1.54) is 44.0 Å². The van der Waals surface area contributed by atoms with Gasteiger partial charge < -0.3 is 0 Å². The molecule has 0 aromatic rings. The molecule has 0 nitrogen and oxygen atoms in total. The molecule has 0 amide bonds. The minimum atomic E-state index is 0.865. The highest BCUT2D eigenvalue weighted by Gasteiger charge is 2.30. The summed E-state index contributed by atoms with van der Waals surface area (Å²) in [7, 11) is 2.30. The molecule has 3 aliphatic carbocycles. The fraction of sp³-hybridized carbons (Fsp3) is 0.571. The lowest BCUT2D eigenvalue weighted by Crippen LogP contribution is -2.21. The normalized spacial score (nSPS) is 29.3. The van der Waals surface area contributed by atoms with E-state index in [0.29, 0.717) is 0 Å². The zero-order chi connectivity index (χ0) is 10.3. The van der Waals surface area contributed by atoms with Crippen molar-refractivity contribution in [3.63, 3.8) is 0 Å². The van der Waals surface area contributed by atoms with Gasteiger partial charge in [-0.2, -0.15) is 0 Å². The van der Waals surface area contributed by atoms with Gasteiger partial charge in [0.2, 0.25) is 0 Å². The summed E-state index contributed by atoms with van der Waals surface area (Å²) in [4.78, 5) is 0. The summed E-state index contributed by atoms with van der Waals surface area (Å²) in [6, 6.07) is 0. The van der Waals surface area contributed by atoms with E-state index in [0.717, 1.165) is 5.92 Å². The molecule has 15 heavy (non-hydrogen) atoms. The van der Waals surface area contributed by atoms with E-state index >= 15 is 0 Å². The molecule has 0 N–H and O–H groups in total. The summed E-state index contributed by atoms with van der Waals surface area (Å²) in [6.07, 6.45) is 13.0. The fourth-order valence-corrected chi connectivity index (χ4v) is 3.48. The summed E-state index contributed by atoms with van der Waals surface area (Å²) in [5, 5.41) is 0. The van der Waals surface area contributed by atoms with Crippen molar-refractivity contribution in [2.75, 3.05) is 0 Å². The van der Waals surface area contributed by atoms with E-state index in [-0.39, 0.29) is 0 Å². The zero-order valence-corrected chi connectivity index (χ0v) is 9.55. The first kappa shape index (κ1) is 9.51. The van der Waals surface area contributed by atoms with Gasteiger partial charge in [0.15, 0.2) is 0 Å². The number of hydrogen-bond donors (Lipinski definition) is 0. The molecule has 0 aromatic heterocycles. The Kier molecular flexibility index (Phi) is 2.34. The highest BCUT2D eigenvalue weighted by atomic mass is 14.3. The number of rotatable bonds is 1. The molecule has 77 valence electrons. The van der Waals surface area contributed by atoms with Crippen LogP contribution in [-0.2, 0) is 0 Å². The van der Waals surface area contributed by atoms with E-state index in [1.807, 2.05) is 0 Å². The van der Waals surface area contributed by atoms with Crippen LogP contribution in [0.2, 0.25) is 6.82 Å². The molecular weight excluding hydrogens is 179 g/mol. The molecule has 1 heteroatoms. The molecule has 3 rings (SSSR count). The molecule has 1 radical (unpaired) electrons. The van der Waals surface area contributed by atoms with Crippen LogP contribution in [0.3, 0.4) is 0 Å². The molecule has 0 aromatic carbocycles. The van der Waals surface area contributed by atoms with Gasteiger partial charge in [-0.15, -0.1) is 0 Å². The van der Waals surface area contributed by atoms with Crippen molar-refractivity contribution in [1.29, 1.82) is 0 Å². The summed E-state index contributed by atoms with van der Waals surface area (Å²) in [5.41, 5.74) is 6.67. The van der Waals surface area contributed by atoms with E-state index in [4.69, 9.17) is 0 Å². The average molecular weight is 197 g/mol. The first-order valence-corrected chi connectivity index (χ1v) is 6.32. The second kappa shape index (κ2) is 3.70. The lowest BCUT2D eigenvalue weighted by Gasteiger charge is -2.36. The van der Waals surface area contributed by atoms with Crippen molar-refractivity contribution < 1.29 is 0 Å². The van der Waals surface area contributed by atoms with Gasteiger partial charge in [0.05, 0.1) is 0 Å². The Balaban J connectivity index is 2.07. The van der Waals surface area contributed by atoms with Gasteiger partial charge >= 0.3 is 0 Å². The maximum Gasteiger partial charge on any atom is 0.148 e. The molecule has 1 unspecified atom stereocenters. The second-order valence-corrected chi connectivity index (χ2v) is 4.93. The van der Waals surface area contributed by atoms with Gasteiger partial charge in [0, 0.05) is 0 Å². The molecule has 1 saturated carbocycles. The van der Waals surface area contributed by atoms with Gasteiger partial charge in [0.25, 0.3) is 0 Å². The van der Waals surface area contributed by atoms with Crippen LogP contribution in [-0.4, -0.2) is 7.28 Å². The number of hydrogen-bond acceptors (Lipinski definition) is 0. The van der Waals surface area contributed by atoms with Gasteiger partial charge in [-0.05, 0) is 55.6 Å². The third kappa shape index (κ3) is 1.44. The van der Waals surface area contributed by atoms with Crippen LogP contribution in [0.25, 0.3) is 0 Å². The van der Waals surface area contributed by atoms with Crippen molar-refractivity contribution in [3.05, 3.63) is 34.3 Å². The van der Waals surface area contributed by atoms with Crippen LogP contribution in [0.4, 0.5) is 0 Å². The van der Waals surface area contributed by atoms with E-state index in [9.17, 15) is 0 Å². The van der Waals surface area contributed by atoms with E-state index in [1.54, 1.807) is 16.7 Å². The van der Waals surface area contributed by atoms with Crippen molar-refractivity contribution in [2.45, 2.75) is 45.3 Å². The highest BCUT2D eigenvalue weighted by molar-refractivity contribution is 6.45. The first-order chi connectivity index (χ1) is 7.40. The van der Waals surface area contributed by atoms with E-state index < -0.39 is 0 Å². The third-order valence-electron chi connectivity index (χ3n) is 4.14. The van der Waals surface area contributed by atoms with Crippen LogP contribution < -0.4 is 0 Å². The minimum absolute atomic E-state index is 0.865. The van der Waals surface area contributed by atoms with Crippen LogP contribution in [0.5, 0.6) is 0 Å². The Hall–Kier alpha value is -0.715. The van der Waals surface area contributed by atoms with Gasteiger partial charge in [-0.25, -0.2) is 0 Å². The maximum atomic E-state index is 2.50. The highest BCUT2D eigenvalue weighted by Crippen LogP contribution is 2.46. The lowest BCUT2D eigenvalue weighted by atomic mass is 9.59. The summed E-state index contributed by atoms with van der Waals surface area (Å²) < 4.78 is 0. The Morgan fingerprint density at radius 3 is 3.07 bits per heavy atom. The first-order valence-electron chi connectivity index (χ1n) is 6.32. The summed E-state index contributed by atoms with van der Waals surface area (Å²) in [5.74, 6) is 0.865. The van der Waals surface area contributed by atoms with Crippen LogP contribution in [0.15, 0.2) is 34.3 Å². The van der Waals surface area contributed by atoms with Crippen molar-refractivity contribution in [3.8, 4) is 0 Å². The molecule has 0 aliphatic heterocycles. The van der Waals surface area contributed by atoms with Crippen molar-refractivity contribution >= 4 is 7.28 Å². The Labute approximate surface area is 93.4 Å². The Morgan fingerprint density at radius 2 is 2.20 bits per heavy atom. The largest absolute Gasteiger partial charge is 0.148 e. The van der Waals surface area contributed by atoms with Crippen LogP contribution in [0.1, 0.15) is 38.5 Å². The molecule has 0 spiro atoms. The molecule has 1 atom stereocenters. The Morgan fingerprint density at radius 1 is 1.27 bits per heavy atom. The van der Waals surface area contributed by atoms with Crippen molar-refractivity contribution in [2.24, 2.45) is 5.92 Å². The topological polar surface area (TPSA) is 0 Å². The summed E-state index contributed by atoms with van der Waals surface area (Å²) in [6.45, 7) is 2.18. The van der Waals surface area contributed by atoms with Gasteiger partial charge in [-0.1, -0.05) is 30.0 Å². The van der Waals surface area contributed by atoms with Crippen LogP contribution >= 0.6 is 0 Å². The molecule has 3 aliphatic rings. The monoisotopic (exact) mass is 197 g/mol. The van der Waals surface area contributed by atoms with Crippen molar-refractivity contribution in [1.82, 2.24) is 0 Å². The predicted molar refractivity (Wildman–Crippen MR) is 66.0 cm³/mol. The average Bonchev–Trinajstić information content (AvgIpc) is 2.30. The quantitative estimate of drug-likeness (QED) is 0.560. The summed E-state index contributed by atoms with van der Waals surface area (Å²) >= 11 is 0. The minimum Gasteiger partial charge on any atom is -0.0899 e. The van der Waals surface area contributed by atoms with E-state index in [2.05, 4.69) is 26.3 Å². The molecule has 0 heterocycles. The van der Waals surface area contributed by atoms with Gasteiger partial charge in [-0.3, -0.25) is 0 Å². The molecular formula is C14H18B. The maximum absolute atomic E-state index is 2.50. The molecule has 1 fully saturated rings. The number of allylic oxidation sites excluding steroid dienone is 6. The lowest BCUT2D eigenvalue weighted by molar-refractivity contribution is 0.489. The predicted octanol–water partition coefficient (Wildman–Crippen LogP) is 3.84.